The van der Waals surface area contributed by atoms with Gasteiger partial charge >= 0.3 is 0 Å². The van der Waals surface area contributed by atoms with Gasteiger partial charge in [-0.1, -0.05) is 36.4 Å². The smallest absolute Gasteiger partial charge is 0.220 e. The molecule has 0 fully saturated rings. The number of benzene rings is 2. The largest absolute Gasteiger partial charge is 0.399 e. The minimum absolute atomic E-state index is 0. The zero-order chi connectivity index (χ0) is 17.2. The fourth-order valence-corrected chi connectivity index (χ4v) is 2.61. The summed E-state index contributed by atoms with van der Waals surface area (Å²) in [6.45, 7) is 1.71. The molecule has 0 saturated heterocycles. The number of hydrogen-bond acceptors (Lipinski definition) is 3. The Bertz CT molecular complexity index is 638. The van der Waals surface area contributed by atoms with Crippen molar-refractivity contribution >= 4 is 42.1 Å². The first kappa shape index (κ1) is 24.1. The van der Waals surface area contributed by atoms with Crippen LogP contribution in [-0.2, 0) is 11.2 Å². The van der Waals surface area contributed by atoms with E-state index in [4.69, 9.17) is 5.73 Å². The van der Waals surface area contributed by atoms with Crippen molar-refractivity contribution in [2.45, 2.75) is 25.7 Å². The molecule has 1 amide bonds. The number of nitrogens with one attached hydrogen (secondary N) is 1. The highest BCUT2D eigenvalue weighted by atomic mass is 35.5. The zero-order valence-electron chi connectivity index (χ0n) is 15.2. The Kier molecular flexibility index (Phi) is 12.3. The highest BCUT2D eigenvalue weighted by Gasteiger charge is 2.04. The van der Waals surface area contributed by atoms with Gasteiger partial charge in [0.2, 0.25) is 5.91 Å². The lowest BCUT2D eigenvalue weighted by Crippen LogP contribution is -2.26. The topological polar surface area (TPSA) is 58.4 Å². The maximum absolute atomic E-state index is 11.9. The van der Waals surface area contributed by atoms with E-state index in [1.807, 2.05) is 42.5 Å². The monoisotopic (exact) mass is 397 g/mol. The van der Waals surface area contributed by atoms with Crippen molar-refractivity contribution in [1.29, 1.82) is 0 Å². The van der Waals surface area contributed by atoms with Gasteiger partial charge < -0.3 is 16.0 Å². The quantitative estimate of drug-likeness (QED) is 0.494. The average molecular weight is 398 g/mol. The Morgan fingerprint density at radius 2 is 1.65 bits per heavy atom. The van der Waals surface area contributed by atoms with Crippen LogP contribution in [0.15, 0.2) is 54.6 Å². The van der Waals surface area contributed by atoms with Crippen molar-refractivity contribution in [2.24, 2.45) is 0 Å². The van der Waals surface area contributed by atoms with Crippen LogP contribution in [0.2, 0.25) is 0 Å². The van der Waals surface area contributed by atoms with E-state index in [2.05, 4.69) is 29.4 Å². The number of rotatable bonds is 9. The number of nitrogens with zero attached hydrogens (tertiary/aromatic N) is 1. The molecule has 0 aliphatic carbocycles. The predicted octanol–water partition coefficient (Wildman–Crippen LogP) is 4.08. The molecular formula is C20H29Cl2N3O. The van der Waals surface area contributed by atoms with Crippen molar-refractivity contribution in [3.8, 4) is 0 Å². The second kappa shape index (κ2) is 13.3. The Morgan fingerprint density at radius 1 is 1.00 bits per heavy atom. The number of nitrogens with two attached hydrogens (primary N) is 1. The summed E-state index contributed by atoms with van der Waals surface area (Å²) >= 11 is 0. The fraction of sp³-hybridized carbons (Fsp3) is 0.350. The minimum atomic E-state index is 0. The van der Waals surface area contributed by atoms with Gasteiger partial charge in [0.15, 0.2) is 0 Å². The molecule has 0 spiro atoms. The number of nitrogen functional groups attached to an aromatic ring is 1. The van der Waals surface area contributed by atoms with Gasteiger partial charge in [0.1, 0.15) is 0 Å². The molecule has 0 saturated carbocycles. The van der Waals surface area contributed by atoms with E-state index in [0.717, 1.165) is 37.2 Å². The molecule has 144 valence electrons. The third-order valence-corrected chi connectivity index (χ3v) is 4.12. The number of unbranched alkanes of at least 4 members (excludes halogenated alkanes) is 1. The van der Waals surface area contributed by atoms with E-state index < -0.39 is 0 Å². The van der Waals surface area contributed by atoms with Gasteiger partial charge in [0, 0.05) is 37.9 Å². The number of aryl methyl sites for hydroxylation is 1. The van der Waals surface area contributed by atoms with Gasteiger partial charge in [-0.2, -0.15) is 0 Å². The number of carbonyl (C=O) groups is 1. The Balaban J connectivity index is 0.00000312. The molecule has 3 N–H and O–H groups in total. The van der Waals surface area contributed by atoms with Gasteiger partial charge in [-0.15, -0.1) is 24.8 Å². The van der Waals surface area contributed by atoms with Crippen LogP contribution in [0.1, 0.15) is 24.8 Å². The van der Waals surface area contributed by atoms with Crippen molar-refractivity contribution in [2.75, 3.05) is 30.8 Å². The van der Waals surface area contributed by atoms with Crippen LogP contribution in [0.5, 0.6) is 0 Å². The summed E-state index contributed by atoms with van der Waals surface area (Å²) in [5.74, 6) is 0.0923. The SMILES string of the molecule is CN(CCCCNC(=O)CCc1ccccc1N)c1ccccc1.Cl.Cl. The van der Waals surface area contributed by atoms with Gasteiger partial charge in [-0.25, -0.2) is 0 Å². The molecule has 2 aromatic carbocycles. The molecule has 0 aromatic heterocycles. The normalized spacial score (nSPS) is 9.58. The summed E-state index contributed by atoms with van der Waals surface area (Å²) in [6, 6.07) is 18.0. The lowest BCUT2D eigenvalue weighted by atomic mass is 10.1. The van der Waals surface area contributed by atoms with Crippen LogP contribution >= 0.6 is 24.8 Å². The summed E-state index contributed by atoms with van der Waals surface area (Å²) in [6.07, 6.45) is 3.21. The van der Waals surface area contributed by atoms with Crippen molar-refractivity contribution in [3.05, 3.63) is 60.2 Å². The second-order valence-electron chi connectivity index (χ2n) is 6.01. The van der Waals surface area contributed by atoms with E-state index in [9.17, 15) is 4.79 Å². The van der Waals surface area contributed by atoms with Crippen LogP contribution in [0.25, 0.3) is 0 Å². The Hall–Kier alpha value is -1.91. The van der Waals surface area contributed by atoms with Gasteiger partial charge in [-0.05, 0) is 43.0 Å². The molecule has 2 rings (SSSR count). The Morgan fingerprint density at radius 3 is 2.35 bits per heavy atom. The molecule has 0 bridgehead atoms. The third-order valence-electron chi connectivity index (χ3n) is 4.12. The van der Waals surface area contributed by atoms with Crippen LogP contribution in [0.4, 0.5) is 11.4 Å². The molecule has 0 unspecified atom stereocenters. The average Bonchev–Trinajstić information content (AvgIpc) is 2.61. The number of hydrogen-bond donors (Lipinski definition) is 2. The lowest BCUT2D eigenvalue weighted by Gasteiger charge is -2.19. The zero-order valence-corrected chi connectivity index (χ0v) is 16.8. The van der Waals surface area contributed by atoms with Crippen LogP contribution in [0, 0.1) is 0 Å². The van der Waals surface area contributed by atoms with E-state index in [1.165, 1.54) is 5.69 Å². The first-order chi connectivity index (χ1) is 11.7. The first-order valence-electron chi connectivity index (χ1n) is 8.53. The van der Waals surface area contributed by atoms with E-state index in [-0.39, 0.29) is 30.7 Å². The number of para-hydroxylation sites is 2. The third kappa shape index (κ3) is 8.45. The van der Waals surface area contributed by atoms with Crippen molar-refractivity contribution in [1.82, 2.24) is 5.32 Å². The molecule has 0 heterocycles. The molecule has 2 aromatic rings. The fourth-order valence-electron chi connectivity index (χ4n) is 2.61. The summed E-state index contributed by atoms with van der Waals surface area (Å²) < 4.78 is 0. The highest BCUT2D eigenvalue weighted by Crippen LogP contribution is 2.13. The maximum atomic E-state index is 11.9. The van der Waals surface area contributed by atoms with E-state index >= 15 is 0 Å². The molecule has 6 heteroatoms. The molecule has 0 atom stereocenters. The Labute approximate surface area is 169 Å². The lowest BCUT2D eigenvalue weighted by molar-refractivity contribution is -0.121. The number of halogens is 2. The molecule has 26 heavy (non-hydrogen) atoms. The maximum Gasteiger partial charge on any atom is 0.220 e. The first-order valence-corrected chi connectivity index (χ1v) is 8.53. The number of anilines is 2. The summed E-state index contributed by atoms with van der Waals surface area (Å²) in [7, 11) is 2.10. The van der Waals surface area contributed by atoms with Gasteiger partial charge in [0.25, 0.3) is 0 Å². The van der Waals surface area contributed by atoms with E-state index in [1.54, 1.807) is 0 Å². The van der Waals surface area contributed by atoms with Crippen LogP contribution in [-0.4, -0.2) is 26.0 Å². The van der Waals surface area contributed by atoms with Crippen LogP contribution < -0.4 is 16.0 Å². The number of amides is 1. The summed E-state index contributed by atoms with van der Waals surface area (Å²) in [4.78, 5) is 14.1. The van der Waals surface area contributed by atoms with Crippen LogP contribution in [0.3, 0.4) is 0 Å². The minimum Gasteiger partial charge on any atom is -0.399 e. The summed E-state index contributed by atoms with van der Waals surface area (Å²) in [5, 5.41) is 2.99. The molecule has 0 aliphatic rings. The summed E-state index contributed by atoms with van der Waals surface area (Å²) in [5.41, 5.74) is 8.91. The molecule has 4 nitrogen and oxygen atoms in total. The van der Waals surface area contributed by atoms with Gasteiger partial charge in [-0.3, -0.25) is 4.79 Å². The predicted molar refractivity (Wildman–Crippen MR) is 116 cm³/mol. The van der Waals surface area contributed by atoms with Crippen molar-refractivity contribution in [3.63, 3.8) is 0 Å². The highest BCUT2D eigenvalue weighted by molar-refractivity contribution is 5.85. The molecule has 0 aliphatic heterocycles. The van der Waals surface area contributed by atoms with Gasteiger partial charge in [0.05, 0.1) is 0 Å². The van der Waals surface area contributed by atoms with Crippen molar-refractivity contribution < 1.29 is 4.79 Å². The van der Waals surface area contributed by atoms with E-state index in [0.29, 0.717) is 12.8 Å². The standard InChI is InChI=1S/C20H27N3O.2ClH/c1-23(18-10-3-2-4-11-18)16-8-7-15-22-20(24)14-13-17-9-5-6-12-19(17)21;;/h2-6,9-12H,7-8,13-16,21H2,1H3,(H,22,24);2*1H. The molecular weight excluding hydrogens is 369 g/mol. The number of carbonyl (C=O) groups excluding carboxylic acids is 1. The molecule has 0 radical (unpaired) electrons. The second-order valence-corrected chi connectivity index (χ2v) is 6.01.